The Hall–Kier alpha value is -1.67. The standard InChI is InChI=1S/C12H24N6O2/c1-4-5-6-7-8-13-10-14-11(17-19)16-12(15-10)18(20)9(2)3/h9,19-20H,4-8H2,1-3H3,(H2,13,14,15,16,17). The number of rotatable bonds is 9. The minimum Gasteiger partial charge on any atom is -0.354 e. The van der Waals surface area contributed by atoms with Gasteiger partial charge >= 0.3 is 0 Å². The SMILES string of the molecule is CCCCCCNc1nc(NO)nc(N(O)C(C)C)n1. The van der Waals surface area contributed by atoms with Crippen LogP contribution < -0.4 is 15.9 Å². The molecule has 1 aromatic rings. The molecule has 1 heterocycles. The van der Waals surface area contributed by atoms with Crippen molar-refractivity contribution < 1.29 is 10.4 Å². The van der Waals surface area contributed by atoms with Crippen LogP contribution in [0.3, 0.4) is 0 Å². The van der Waals surface area contributed by atoms with Crippen LogP contribution in [0.25, 0.3) is 0 Å². The number of aromatic nitrogens is 3. The van der Waals surface area contributed by atoms with E-state index in [1.54, 1.807) is 13.8 Å². The van der Waals surface area contributed by atoms with Crippen LogP contribution in [0.4, 0.5) is 17.8 Å². The first kappa shape index (κ1) is 16.4. The molecule has 0 fully saturated rings. The number of hydrogen-bond donors (Lipinski definition) is 4. The molecule has 20 heavy (non-hydrogen) atoms. The Bertz CT molecular complexity index is 402. The van der Waals surface area contributed by atoms with Crippen molar-refractivity contribution in [2.24, 2.45) is 0 Å². The van der Waals surface area contributed by atoms with Crippen molar-refractivity contribution in [3.8, 4) is 0 Å². The normalized spacial score (nSPS) is 10.7. The molecule has 0 amide bonds. The van der Waals surface area contributed by atoms with Gasteiger partial charge < -0.3 is 5.32 Å². The van der Waals surface area contributed by atoms with E-state index in [9.17, 15) is 5.21 Å². The zero-order valence-corrected chi connectivity index (χ0v) is 12.3. The highest BCUT2D eigenvalue weighted by atomic mass is 16.5. The predicted octanol–water partition coefficient (Wildman–Crippen LogP) is 2.27. The summed E-state index contributed by atoms with van der Waals surface area (Å²) in [7, 11) is 0. The molecule has 0 saturated heterocycles. The predicted molar refractivity (Wildman–Crippen MR) is 77.3 cm³/mol. The summed E-state index contributed by atoms with van der Waals surface area (Å²) in [6.07, 6.45) is 4.54. The molecule has 0 saturated carbocycles. The highest BCUT2D eigenvalue weighted by molar-refractivity contribution is 5.41. The Labute approximate surface area is 119 Å². The van der Waals surface area contributed by atoms with E-state index in [2.05, 4.69) is 27.2 Å². The molecule has 1 rings (SSSR count). The second kappa shape index (κ2) is 8.49. The first-order valence-electron chi connectivity index (χ1n) is 6.96. The fourth-order valence-electron chi connectivity index (χ4n) is 1.58. The average Bonchev–Trinajstić information content (AvgIpc) is 2.45. The van der Waals surface area contributed by atoms with Crippen molar-refractivity contribution in [3.63, 3.8) is 0 Å². The fraction of sp³-hybridized carbons (Fsp3) is 0.750. The molecule has 0 aliphatic heterocycles. The second-order valence-electron chi connectivity index (χ2n) is 4.82. The Morgan fingerprint density at radius 3 is 2.40 bits per heavy atom. The Balaban J connectivity index is 2.67. The molecule has 0 spiro atoms. The van der Waals surface area contributed by atoms with E-state index in [1.807, 2.05) is 5.48 Å². The zero-order chi connectivity index (χ0) is 15.0. The summed E-state index contributed by atoms with van der Waals surface area (Å²) >= 11 is 0. The van der Waals surface area contributed by atoms with Crippen molar-refractivity contribution >= 4 is 17.8 Å². The van der Waals surface area contributed by atoms with Crippen LogP contribution >= 0.6 is 0 Å². The van der Waals surface area contributed by atoms with Crippen LogP contribution in [0.5, 0.6) is 0 Å². The van der Waals surface area contributed by atoms with Crippen LogP contribution in [0.1, 0.15) is 46.5 Å². The summed E-state index contributed by atoms with van der Waals surface area (Å²) in [5, 5.41) is 22.7. The Kier molecular flexibility index (Phi) is 6.96. The molecule has 1 aromatic heterocycles. The lowest BCUT2D eigenvalue weighted by Gasteiger charge is -2.19. The Morgan fingerprint density at radius 2 is 1.80 bits per heavy atom. The molecule has 114 valence electrons. The van der Waals surface area contributed by atoms with Gasteiger partial charge in [0.2, 0.25) is 5.95 Å². The van der Waals surface area contributed by atoms with Gasteiger partial charge in [0, 0.05) is 6.54 Å². The molecule has 4 N–H and O–H groups in total. The molecule has 0 unspecified atom stereocenters. The smallest absolute Gasteiger partial charge is 0.256 e. The molecule has 8 nitrogen and oxygen atoms in total. The average molecular weight is 284 g/mol. The van der Waals surface area contributed by atoms with Crippen LogP contribution in [0.2, 0.25) is 0 Å². The summed E-state index contributed by atoms with van der Waals surface area (Å²) in [5.41, 5.74) is 1.87. The maximum Gasteiger partial charge on any atom is 0.256 e. The first-order chi connectivity index (χ1) is 9.58. The summed E-state index contributed by atoms with van der Waals surface area (Å²) in [6.45, 7) is 6.50. The first-order valence-corrected chi connectivity index (χ1v) is 6.96. The highest BCUT2D eigenvalue weighted by Crippen LogP contribution is 2.14. The molecule has 0 bridgehead atoms. The minimum atomic E-state index is -0.179. The van der Waals surface area contributed by atoms with E-state index in [4.69, 9.17) is 5.21 Å². The van der Waals surface area contributed by atoms with Crippen molar-refractivity contribution in [3.05, 3.63) is 0 Å². The van der Waals surface area contributed by atoms with E-state index >= 15 is 0 Å². The number of hydroxylamine groups is 1. The Morgan fingerprint density at radius 1 is 1.10 bits per heavy atom. The number of hydrogen-bond acceptors (Lipinski definition) is 8. The van der Waals surface area contributed by atoms with Crippen molar-refractivity contribution in [1.29, 1.82) is 0 Å². The van der Waals surface area contributed by atoms with Gasteiger partial charge in [-0.05, 0) is 20.3 Å². The lowest BCUT2D eigenvalue weighted by atomic mass is 10.2. The van der Waals surface area contributed by atoms with Crippen LogP contribution in [0, 0.1) is 0 Å². The molecule has 8 heteroatoms. The van der Waals surface area contributed by atoms with E-state index < -0.39 is 0 Å². The van der Waals surface area contributed by atoms with Gasteiger partial charge in [-0.25, -0.2) is 10.5 Å². The van der Waals surface area contributed by atoms with Gasteiger partial charge in [0.15, 0.2) is 0 Å². The summed E-state index contributed by atoms with van der Waals surface area (Å²) in [4.78, 5) is 12.0. The third-order valence-electron chi connectivity index (χ3n) is 2.73. The summed E-state index contributed by atoms with van der Waals surface area (Å²) in [6, 6.07) is -0.179. The maximum atomic E-state index is 9.83. The van der Waals surface area contributed by atoms with E-state index in [1.165, 1.54) is 12.8 Å². The highest BCUT2D eigenvalue weighted by Gasteiger charge is 2.14. The lowest BCUT2D eigenvalue weighted by Crippen LogP contribution is -2.29. The molecule has 0 radical (unpaired) electrons. The van der Waals surface area contributed by atoms with Gasteiger partial charge in [-0.15, -0.1) is 0 Å². The number of anilines is 3. The second-order valence-corrected chi connectivity index (χ2v) is 4.82. The number of nitrogens with zero attached hydrogens (tertiary/aromatic N) is 4. The van der Waals surface area contributed by atoms with Gasteiger partial charge in [-0.3, -0.25) is 10.4 Å². The number of unbranched alkanes of at least 4 members (excludes halogenated alkanes) is 3. The van der Waals surface area contributed by atoms with E-state index in [0.717, 1.165) is 24.4 Å². The maximum absolute atomic E-state index is 9.83. The van der Waals surface area contributed by atoms with Gasteiger partial charge in [0.25, 0.3) is 11.9 Å². The lowest BCUT2D eigenvalue weighted by molar-refractivity contribution is 0.222. The third kappa shape index (κ3) is 5.14. The van der Waals surface area contributed by atoms with Crippen LogP contribution in [-0.4, -0.2) is 38.0 Å². The molecular formula is C12H24N6O2. The molecule has 0 aliphatic carbocycles. The largest absolute Gasteiger partial charge is 0.354 e. The van der Waals surface area contributed by atoms with Gasteiger partial charge in [-0.2, -0.15) is 15.0 Å². The van der Waals surface area contributed by atoms with Gasteiger partial charge in [0.1, 0.15) is 0 Å². The zero-order valence-electron chi connectivity index (χ0n) is 12.3. The monoisotopic (exact) mass is 284 g/mol. The molecular weight excluding hydrogens is 260 g/mol. The molecule has 0 aliphatic rings. The summed E-state index contributed by atoms with van der Waals surface area (Å²) < 4.78 is 0. The van der Waals surface area contributed by atoms with Crippen LogP contribution in [0.15, 0.2) is 0 Å². The molecule has 0 atom stereocenters. The third-order valence-corrected chi connectivity index (χ3v) is 2.73. The van der Waals surface area contributed by atoms with Crippen LogP contribution in [-0.2, 0) is 0 Å². The summed E-state index contributed by atoms with van der Waals surface area (Å²) in [5.74, 6) is 0.399. The van der Waals surface area contributed by atoms with Gasteiger partial charge in [0.05, 0.1) is 6.04 Å². The van der Waals surface area contributed by atoms with Gasteiger partial charge in [-0.1, -0.05) is 26.2 Å². The van der Waals surface area contributed by atoms with E-state index in [-0.39, 0.29) is 17.9 Å². The molecule has 0 aromatic carbocycles. The fourth-order valence-corrected chi connectivity index (χ4v) is 1.58. The minimum absolute atomic E-state index is 0.00856. The topological polar surface area (TPSA) is 106 Å². The van der Waals surface area contributed by atoms with E-state index in [0.29, 0.717) is 5.95 Å². The van der Waals surface area contributed by atoms with Crippen molar-refractivity contribution in [1.82, 2.24) is 15.0 Å². The van der Waals surface area contributed by atoms with Crippen molar-refractivity contribution in [2.45, 2.75) is 52.5 Å². The van der Waals surface area contributed by atoms with Crippen molar-refractivity contribution in [2.75, 3.05) is 22.4 Å². The number of nitrogens with one attached hydrogen (secondary N) is 2. The quantitative estimate of drug-likeness (QED) is 0.404.